The molecule has 1 fully saturated rings. The van der Waals surface area contributed by atoms with Gasteiger partial charge in [-0.2, -0.15) is 0 Å². The van der Waals surface area contributed by atoms with E-state index in [1.165, 1.54) is 0 Å². The lowest BCUT2D eigenvalue weighted by molar-refractivity contribution is 0.311. The Morgan fingerprint density at radius 2 is 1.74 bits per heavy atom. The van der Waals surface area contributed by atoms with Gasteiger partial charge in [0.1, 0.15) is 5.75 Å². The van der Waals surface area contributed by atoms with E-state index in [1.54, 1.807) is 31.4 Å². The van der Waals surface area contributed by atoms with E-state index in [4.69, 9.17) is 4.74 Å². The van der Waals surface area contributed by atoms with E-state index < -0.39 is 10.0 Å². The Balaban J connectivity index is 1.93. The second-order valence-electron chi connectivity index (χ2n) is 6.98. The first-order chi connectivity index (χ1) is 12.8. The smallest absolute Gasteiger partial charge is 0.261 e. The number of aryl methyl sites for hydroxylation is 1. The van der Waals surface area contributed by atoms with Crippen LogP contribution >= 0.6 is 0 Å². The summed E-state index contributed by atoms with van der Waals surface area (Å²) in [5, 5.41) is 0. The molecule has 6 nitrogen and oxygen atoms in total. The van der Waals surface area contributed by atoms with Gasteiger partial charge in [-0.25, -0.2) is 8.42 Å². The Kier molecular flexibility index (Phi) is 5.62. The van der Waals surface area contributed by atoms with Crippen LogP contribution in [0.1, 0.15) is 11.1 Å². The number of sulfonamides is 1. The van der Waals surface area contributed by atoms with Crippen molar-refractivity contribution in [1.82, 2.24) is 4.90 Å². The second-order valence-corrected chi connectivity index (χ2v) is 8.66. The average Bonchev–Trinajstić information content (AvgIpc) is 2.65. The van der Waals surface area contributed by atoms with Crippen LogP contribution in [-0.4, -0.2) is 53.7 Å². The first-order valence-corrected chi connectivity index (χ1v) is 10.5. The van der Waals surface area contributed by atoms with E-state index in [0.717, 1.165) is 43.0 Å². The number of ether oxygens (including phenoxy) is 1. The zero-order chi connectivity index (χ0) is 19.6. The largest absolute Gasteiger partial charge is 0.495 e. The van der Waals surface area contributed by atoms with Crippen molar-refractivity contribution < 1.29 is 13.2 Å². The molecule has 0 bridgehead atoms. The Hall–Kier alpha value is -2.25. The fraction of sp³-hybridized carbons (Fsp3) is 0.400. The van der Waals surface area contributed by atoms with Gasteiger partial charge < -0.3 is 14.5 Å². The topological polar surface area (TPSA) is 61.9 Å². The van der Waals surface area contributed by atoms with Crippen molar-refractivity contribution in [1.29, 1.82) is 0 Å². The molecule has 0 atom stereocenters. The zero-order valence-corrected chi connectivity index (χ0v) is 17.1. The van der Waals surface area contributed by atoms with Crippen LogP contribution in [0, 0.1) is 13.8 Å². The average molecular weight is 390 g/mol. The molecular weight excluding hydrogens is 362 g/mol. The van der Waals surface area contributed by atoms with E-state index in [2.05, 4.69) is 21.6 Å². The number of benzene rings is 2. The monoisotopic (exact) mass is 389 g/mol. The lowest BCUT2D eigenvalue weighted by Gasteiger charge is -2.34. The van der Waals surface area contributed by atoms with Gasteiger partial charge in [-0.05, 0) is 56.3 Å². The highest BCUT2D eigenvalue weighted by Gasteiger charge is 2.22. The van der Waals surface area contributed by atoms with Gasteiger partial charge in [0.2, 0.25) is 0 Å². The minimum absolute atomic E-state index is 0.234. The van der Waals surface area contributed by atoms with Crippen molar-refractivity contribution in [2.45, 2.75) is 18.7 Å². The third-order valence-corrected chi connectivity index (χ3v) is 6.52. The number of hydrogen-bond acceptors (Lipinski definition) is 5. The molecule has 1 N–H and O–H groups in total. The number of anilines is 2. The summed E-state index contributed by atoms with van der Waals surface area (Å²) in [4.78, 5) is 4.67. The maximum Gasteiger partial charge on any atom is 0.261 e. The van der Waals surface area contributed by atoms with Gasteiger partial charge in [0, 0.05) is 26.2 Å². The fourth-order valence-corrected chi connectivity index (χ4v) is 4.34. The van der Waals surface area contributed by atoms with Gasteiger partial charge in [-0.3, -0.25) is 4.72 Å². The Morgan fingerprint density at radius 1 is 1.04 bits per heavy atom. The summed E-state index contributed by atoms with van der Waals surface area (Å²) in [5.74, 6) is 0.685. The number of rotatable bonds is 5. The number of methoxy groups -OCH3 is 1. The number of piperazine rings is 1. The molecule has 2 aromatic rings. The molecular formula is C20H27N3O3S. The van der Waals surface area contributed by atoms with Gasteiger partial charge >= 0.3 is 0 Å². The summed E-state index contributed by atoms with van der Waals surface area (Å²) < 4.78 is 34.1. The predicted molar refractivity (Wildman–Crippen MR) is 109 cm³/mol. The Bertz CT molecular complexity index is 920. The molecule has 27 heavy (non-hydrogen) atoms. The summed E-state index contributed by atoms with van der Waals surface area (Å²) in [6.07, 6.45) is 0. The standard InChI is InChI=1S/C20H27N3O3S/c1-15-6-5-7-18(16(15)2)21-27(24,25)17-8-9-20(26-4)19(14-17)23-12-10-22(3)11-13-23/h5-9,14,21H,10-13H2,1-4H3. The van der Waals surface area contributed by atoms with Gasteiger partial charge in [0.05, 0.1) is 23.4 Å². The molecule has 0 aromatic heterocycles. The van der Waals surface area contributed by atoms with Crippen LogP contribution in [-0.2, 0) is 10.0 Å². The lowest BCUT2D eigenvalue weighted by Crippen LogP contribution is -2.44. The zero-order valence-electron chi connectivity index (χ0n) is 16.3. The summed E-state index contributed by atoms with van der Waals surface area (Å²) in [6.45, 7) is 7.41. The van der Waals surface area contributed by atoms with E-state index in [-0.39, 0.29) is 4.90 Å². The molecule has 7 heteroatoms. The molecule has 0 radical (unpaired) electrons. The third-order valence-electron chi connectivity index (χ3n) is 5.15. The normalized spacial score (nSPS) is 15.6. The van der Waals surface area contributed by atoms with Crippen LogP contribution in [0.5, 0.6) is 5.75 Å². The predicted octanol–water partition coefficient (Wildman–Crippen LogP) is 2.86. The molecule has 0 spiro atoms. The van der Waals surface area contributed by atoms with Crippen LogP contribution in [0.2, 0.25) is 0 Å². The van der Waals surface area contributed by atoms with Crippen molar-refractivity contribution in [3.05, 3.63) is 47.5 Å². The van der Waals surface area contributed by atoms with Gasteiger partial charge in [0.25, 0.3) is 10.0 Å². The summed E-state index contributed by atoms with van der Waals surface area (Å²) >= 11 is 0. The second kappa shape index (κ2) is 7.78. The van der Waals surface area contributed by atoms with Crippen molar-refractivity contribution in [2.75, 3.05) is 50.0 Å². The maximum absolute atomic E-state index is 13.0. The van der Waals surface area contributed by atoms with Crippen molar-refractivity contribution >= 4 is 21.4 Å². The maximum atomic E-state index is 13.0. The van der Waals surface area contributed by atoms with E-state index in [0.29, 0.717) is 11.4 Å². The highest BCUT2D eigenvalue weighted by Crippen LogP contribution is 2.32. The minimum Gasteiger partial charge on any atom is -0.495 e. The highest BCUT2D eigenvalue weighted by molar-refractivity contribution is 7.92. The van der Waals surface area contributed by atoms with Crippen LogP contribution in [0.3, 0.4) is 0 Å². The van der Waals surface area contributed by atoms with Crippen molar-refractivity contribution in [2.24, 2.45) is 0 Å². The van der Waals surface area contributed by atoms with Crippen LogP contribution in [0.25, 0.3) is 0 Å². The first kappa shape index (κ1) is 19.5. The molecule has 1 saturated heterocycles. The fourth-order valence-electron chi connectivity index (χ4n) is 3.20. The third kappa shape index (κ3) is 4.20. The molecule has 146 valence electrons. The summed E-state index contributed by atoms with van der Waals surface area (Å²) in [5.41, 5.74) is 3.39. The molecule has 1 aliphatic rings. The Morgan fingerprint density at radius 3 is 2.41 bits per heavy atom. The van der Waals surface area contributed by atoms with E-state index in [9.17, 15) is 8.42 Å². The number of nitrogens with zero attached hydrogens (tertiary/aromatic N) is 2. The SMILES string of the molecule is COc1ccc(S(=O)(=O)Nc2cccc(C)c2C)cc1N1CCN(C)CC1. The lowest BCUT2D eigenvalue weighted by atomic mass is 10.1. The van der Waals surface area contributed by atoms with Crippen LogP contribution in [0.15, 0.2) is 41.3 Å². The first-order valence-electron chi connectivity index (χ1n) is 9.02. The van der Waals surface area contributed by atoms with Crippen molar-refractivity contribution in [3.8, 4) is 5.75 Å². The van der Waals surface area contributed by atoms with E-state index in [1.807, 2.05) is 26.0 Å². The summed E-state index contributed by atoms with van der Waals surface area (Å²) in [7, 11) is 0.00328. The Labute approximate surface area is 161 Å². The molecule has 0 unspecified atom stereocenters. The van der Waals surface area contributed by atoms with Crippen LogP contribution in [0.4, 0.5) is 11.4 Å². The molecule has 0 saturated carbocycles. The number of likely N-dealkylation sites (N-methyl/N-ethyl adjacent to an activating group) is 1. The van der Waals surface area contributed by atoms with Gasteiger partial charge in [-0.15, -0.1) is 0 Å². The molecule has 0 amide bonds. The van der Waals surface area contributed by atoms with Gasteiger partial charge in [0.15, 0.2) is 0 Å². The van der Waals surface area contributed by atoms with Gasteiger partial charge in [-0.1, -0.05) is 12.1 Å². The van der Waals surface area contributed by atoms with E-state index >= 15 is 0 Å². The molecule has 1 heterocycles. The molecule has 1 aliphatic heterocycles. The van der Waals surface area contributed by atoms with Crippen LogP contribution < -0.4 is 14.4 Å². The highest BCUT2D eigenvalue weighted by atomic mass is 32.2. The van der Waals surface area contributed by atoms with Crippen molar-refractivity contribution in [3.63, 3.8) is 0 Å². The molecule has 2 aromatic carbocycles. The number of hydrogen-bond donors (Lipinski definition) is 1. The molecule has 0 aliphatic carbocycles. The number of nitrogens with one attached hydrogen (secondary N) is 1. The quantitative estimate of drug-likeness (QED) is 0.852. The molecule has 3 rings (SSSR count). The summed E-state index contributed by atoms with van der Waals surface area (Å²) in [6, 6.07) is 10.6. The minimum atomic E-state index is -3.69.